The smallest absolute Gasteiger partial charge is 0.341 e. The molecule has 0 fully saturated rings. The average Bonchev–Trinajstić information content (AvgIpc) is 3.33. The Bertz CT molecular complexity index is 1690. The number of nitrogens with zero attached hydrogens (tertiary/aromatic N) is 1. The van der Waals surface area contributed by atoms with Gasteiger partial charge in [0.05, 0.1) is 33.4 Å². The van der Waals surface area contributed by atoms with Crippen molar-refractivity contribution in [1.29, 1.82) is 0 Å². The monoisotopic (exact) mass is 564 g/mol. The molecular weight excluding hydrogens is 546 g/mol. The summed E-state index contributed by atoms with van der Waals surface area (Å²) in [6.07, 6.45) is 0. The summed E-state index contributed by atoms with van der Waals surface area (Å²) >= 11 is 13.5. The van der Waals surface area contributed by atoms with Crippen LogP contribution in [0.15, 0.2) is 78.2 Å². The summed E-state index contributed by atoms with van der Waals surface area (Å²) in [6, 6.07) is 19.9. The van der Waals surface area contributed by atoms with Gasteiger partial charge in [-0.1, -0.05) is 59.6 Å². The second-order valence-electron chi connectivity index (χ2n) is 8.24. The molecule has 5 nitrogen and oxygen atoms in total. The molecule has 3 aromatic carbocycles. The maximum Gasteiger partial charge on any atom is 0.341 e. The van der Waals surface area contributed by atoms with Crippen molar-refractivity contribution in [2.45, 2.75) is 6.92 Å². The minimum atomic E-state index is -0.584. The van der Waals surface area contributed by atoms with Crippen LogP contribution in [0.4, 0.5) is 9.39 Å². The van der Waals surface area contributed by atoms with Crippen molar-refractivity contribution in [3.05, 3.63) is 105 Å². The minimum absolute atomic E-state index is 0.160. The van der Waals surface area contributed by atoms with Crippen LogP contribution >= 0.6 is 34.5 Å². The summed E-state index contributed by atoms with van der Waals surface area (Å²) in [5.41, 5.74) is 3.59. The molecular formula is C29H19Cl2FN2O3S. The molecule has 0 aliphatic rings. The normalized spacial score (nSPS) is 10.9. The van der Waals surface area contributed by atoms with Crippen LogP contribution in [0.25, 0.3) is 33.3 Å². The lowest BCUT2D eigenvalue weighted by atomic mass is 10.0. The molecule has 38 heavy (non-hydrogen) atoms. The Balaban J connectivity index is 1.58. The van der Waals surface area contributed by atoms with Gasteiger partial charge in [-0.3, -0.25) is 4.79 Å². The zero-order valence-corrected chi connectivity index (χ0v) is 22.3. The molecule has 190 valence electrons. The number of pyridine rings is 1. The number of hydrogen-bond donors (Lipinski definition) is 1. The number of esters is 1. The van der Waals surface area contributed by atoms with Crippen LogP contribution in [0, 0.1) is 5.82 Å². The van der Waals surface area contributed by atoms with Crippen molar-refractivity contribution in [3.63, 3.8) is 0 Å². The number of aromatic nitrogens is 1. The molecule has 2 aromatic heterocycles. The summed E-state index contributed by atoms with van der Waals surface area (Å²) in [5, 5.41) is 6.37. The summed E-state index contributed by atoms with van der Waals surface area (Å²) in [6.45, 7) is 1.86. The molecule has 1 N–H and O–H groups in total. The third-order valence-electron chi connectivity index (χ3n) is 5.83. The molecule has 0 aliphatic heterocycles. The maximum absolute atomic E-state index is 13.7. The van der Waals surface area contributed by atoms with Crippen LogP contribution in [0.3, 0.4) is 0 Å². The first-order valence-corrected chi connectivity index (χ1v) is 13.2. The second-order valence-corrected chi connectivity index (χ2v) is 9.93. The van der Waals surface area contributed by atoms with Crippen LogP contribution in [-0.2, 0) is 4.74 Å². The van der Waals surface area contributed by atoms with Crippen molar-refractivity contribution in [3.8, 4) is 22.4 Å². The number of para-hydroxylation sites is 1. The van der Waals surface area contributed by atoms with E-state index in [1.807, 2.05) is 18.2 Å². The predicted octanol–water partition coefficient (Wildman–Crippen LogP) is 8.51. The van der Waals surface area contributed by atoms with Gasteiger partial charge in [-0.2, -0.15) is 0 Å². The number of nitrogens with one attached hydrogen (secondary N) is 1. The number of carbonyl (C=O) groups is 2. The molecule has 0 atom stereocenters. The lowest BCUT2D eigenvalue weighted by Crippen LogP contribution is -2.15. The number of hydrogen-bond acceptors (Lipinski definition) is 5. The zero-order chi connectivity index (χ0) is 26.8. The molecule has 1 amide bonds. The molecule has 0 saturated heterocycles. The number of rotatable bonds is 6. The first-order valence-electron chi connectivity index (χ1n) is 11.6. The molecule has 5 aromatic rings. The van der Waals surface area contributed by atoms with E-state index in [9.17, 15) is 14.0 Å². The maximum atomic E-state index is 13.7. The third-order valence-corrected chi connectivity index (χ3v) is 7.46. The van der Waals surface area contributed by atoms with Crippen molar-refractivity contribution in [2.24, 2.45) is 0 Å². The summed E-state index contributed by atoms with van der Waals surface area (Å²) in [7, 11) is 0. The van der Waals surface area contributed by atoms with E-state index in [-0.39, 0.29) is 12.2 Å². The second kappa shape index (κ2) is 10.9. The minimum Gasteiger partial charge on any atom is -0.462 e. The lowest BCUT2D eigenvalue weighted by Gasteiger charge is -2.12. The molecule has 0 unspecified atom stereocenters. The fraction of sp³-hybridized carbons (Fsp3) is 0.0690. The zero-order valence-electron chi connectivity index (χ0n) is 19.9. The number of ether oxygens (including phenoxy) is 1. The first-order chi connectivity index (χ1) is 18.4. The number of thiophene rings is 1. The predicted molar refractivity (Wildman–Crippen MR) is 151 cm³/mol. The van der Waals surface area contributed by atoms with Gasteiger partial charge in [0.1, 0.15) is 16.4 Å². The molecule has 2 heterocycles. The molecule has 9 heteroatoms. The average molecular weight is 565 g/mol. The van der Waals surface area contributed by atoms with Gasteiger partial charge in [-0.25, -0.2) is 14.2 Å². The quantitative estimate of drug-likeness (QED) is 0.210. The molecule has 0 spiro atoms. The van der Waals surface area contributed by atoms with Crippen molar-refractivity contribution in [2.75, 3.05) is 11.9 Å². The highest BCUT2D eigenvalue weighted by Gasteiger charge is 2.24. The molecule has 0 saturated carbocycles. The number of carbonyl (C=O) groups excluding carboxylic acids is 2. The van der Waals surface area contributed by atoms with Gasteiger partial charge in [0.2, 0.25) is 0 Å². The van der Waals surface area contributed by atoms with Gasteiger partial charge < -0.3 is 10.1 Å². The van der Waals surface area contributed by atoms with E-state index < -0.39 is 17.7 Å². The van der Waals surface area contributed by atoms with Gasteiger partial charge in [0, 0.05) is 21.9 Å². The topological polar surface area (TPSA) is 68.3 Å². The van der Waals surface area contributed by atoms with Crippen LogP contribution in [0.5, 0.6) is 0 Å². The Morgan fingerprint density at radius 2 is 1.71 bits per heavy atom. The molecule has 0 bridgehead atoms. The summed E-state index contributed by atoms with van der Waals surface area (Å²) < 4.78 is 18.8. The van der Waals surface area contributed by atoms with Crippen molar-refractivity contribution in [1.82, 2.24) is 4.98 Å². The van der Waals surface area contributed by atoms with Crippen molar-refractivity contribution < 1.29 is 18.7 Å². The van der Waals surface area contributed by atoms with E-state index in [1.54, 1.807) is 54.8 Å². The number of benzene rings is 3. The van der Waals surface area contributed by atoms with Gasteiger partial charge in [0.15, 0.2) is 0 Å². The van der Waals surface area contributed by atoms with E-state index >= 15 is 0 Å². The van der Waals surface area contributed by atoms with E-state index in [1.165, 1.54) is 23.5 Å². The van der Waals surface area contributed by atoms with Crippen LogP contribution in [-0.4, -0.2) is 23.5 Å². The highest BCUT2D eigenvalue weighted by Crippen LogP contribution is 2.37. The molecule has 0 aliphatic carbocycles. The Hall–Kier alpha value is -3.78. The fourth-order valence-corrected chi connectivity index (χ4v) is 5.29. The van der Waals surface area contributed by atoms with Gasteiger partial charge >= 0.3 is 5.97 Å². The van der Waals surface area contributed by atoms with E-state index in [0.29, 0.717) is 53.9 Å². The SMILES string of the molecule is CCOC(=O)c1c(-c2ccc(F)cc2)csc1NC(=O)c1cc(-c2ccc(Cl)c(Cl)c2)nc2ccccc12. The standard InChI is InChI=1S/C29H19Cl2FN2O3S/c1-2-37-29(36)26-21(16-7-10-18(32)11-8-16)15-38-28(26)34-27(35)20-14-25(17-9-12-22(30)23(31)13-17)33-24-6-4-3-5-19(20)24/h3-15H,2H2,1H3,(H,34,35). The Kier molecular flexibility index (Phi) is 7.42. The van der Waals surface area contributed by atoms with Crippen LogP contribution in [0.1, 0.15) is 27.6 Å². The molecule has 0 radical (unpaired) electrons. The van der Waals surface area contributed by atoms with Gasteiger partial charge in [-0.15, -0.1) is 11.3 Å². The van der Waals surface area contributed by atoms with E-state index in [0.717, 1.165) is 0 Å². The molecule has 5 rings (SSSR count). The number of fused-ring (bicyclic) bond motifs is 1. The third kappa shape index (κ3) is 5.13. The Morgan fingerprint density at radius 1 is 0.974 bits per heavy atom. The lowest BCUT2D eigenvalue weighted by molar-refractivity contribution is 0.0529. The van der Waals surface area contributed by atoms with Crippen LogP contribution in [0.2, 0.25) is 10.0 Å². The van der Waals surface area contributed by atoms with Crippen molar-refractivity contribution >= 4 is 62.3 Å². The number of anilines is 1. The highest BCUT2D eigenvalue weighted by molar-refractivity contribution is 7.15. The van der Waals surface area contributed by atoms with Gasteiger partial charge in [0.25, 0.3) is 5.91 Å². The van der Waals surface area contributed by atoms with Crippen LogP contribution < -0.4 is 5.32 Å². The van der Waals surface area contributed by atoms with E-state index in [2.05, 4.69) is 5.32 Å². The fourth-order valence-electron chi connectivity index (χ4n) is 4.03. The first kappa shape index (κ1) is 25.9. The number of amides is 1. The Labute approximate surface area is 231 Å². The Morgan fingerprint density at radius 3 is 2.45 bits per heavy atom. The van der Waals surface area contributed by atoms with E-state index in [4.69, 9.17) is 32.9 Å². The number of halogens is 3. The summed E-state index contributed by atoms with van der Waals surface area (Å²) in [5.74, 6) is -1.40. The highest BCUT2D eigenvalue weighted by atomic mass is 35.5. The van der Waals surface area contributed by atoms with Gasteiger partial charge in [-0.05, 0) is 48.9 Å². The summed E-state index contributed by atoms with van der Waals surface area (Å²) in [4.78, 5) is 31.3. The largest absolute Gasteiger partial charge is 0.462 e.